The highest BCUT2D eigenvalue weighted by Crippen LogP contribution is 2.05. The molecule has 0 unspecified atom stereocenters. The maximum atomic E-state index is 10.1. The van der Waals surface area contributed by atoms with E-state index in [0.717, 1.165) is 32.1 Å². The van der Waals surface area contributed by atoms with E-state index in [2.05, 4.69) is 0 Å². The molecule has 0 aromatic rings. The smallest absolute Gasteiger partial charge is 0.327 e. The van der Waals surface area contributed by atoms with E-state index in [9.17, 15) is 4.79 Å². The highest BCUT2D eigenvalue weighted by Gasteiger charge is 1.94. The van der Waals surface area contributed by atoms with E-state index in [4.69, 9.17) is 10.2 Å². The van der Waals surface area contributed by atoms with Gasteiger partial charge in [0.15, 0.2) is 0 Å². The maximum Gasteiger partial charge on any atom is 0.327 e. The minimum absolute atomic E-state index is 0.213. The SMILES string of the molecule is C[C@H](O)CCCCCC=CC(=O)O. The molecule has 0 bridgehead atoms. The van der Waals surface area contributed by atoms with Gasteiger partial charge in [0.2, 0.25) is 0 Å². The number of carboxylic acids is 1. The number of hydrogen-bond acceptors (Lipinski definition) is 2. The minimum Gasteiger partial charge on any atom is -0.478 e. The number of aliphatic hydroxyl groups is 1. The molecule has 0 saturated carbocycles. The lowest BCUT2D eigenvalue weighted by molar-refractivity contribution is -0.131. The van der Waals surface area contributed by atoms with Crippen molar-refractivity contribution in [3.63, 3.8) is 0 Å². The Kier molecular flexibility index (Phi) is 7.30. The third-order valence-corrected chi connectivity index (χ3v) is 1.75. The van der Waals surface area contributed by atoms with E-state index in [1.807, 2.05) is 0 Å². The molecule has 0 aromatic carbocycles. The standard InChI is InChI=1S/C10H18O3/c1-9(11)7-5-3-2-4-6-8-10(12)13/h6,8-9,11H,2-5,7H2,1H3,(H,12,13)/t9-/m0/s1. The minimum atomic E-state index is -0.885. The molecule has 0 aliphatic rings. The molecule has 13 heavy (non-hydrogen) atoms. The Hall–Kier alpha value is -0.830. The fourth-order valence-corrected chi connectivity index (χ4v) is 1.06. The third kappa shape index (κ3) is 11.2. The molecule has 0 aliphatic carbocycles. The van der Waals surface area contributed by atoms with Crippen molar-refractivity contribution in [2.45, 2.75) is 45.1 Å². The summed E-state index contributed by atoms with van der Waals surface area (Å²) in [5, 5.41) is 17.2. The summed E-state index contributed by atoms with van der Waals surface area (Å²) >= 11 is 0. The Bertz CT molecular complexity index is 162. The van der Waals surface area contributed by atoms with Crippen molar-refractivity contribution in [1.29, 1.82) is 0 Å². The second kappa shape index (κ2) is 7.80. The number of aliphatic carboxylic acids is 1. The lowest BCUT2D eigenvalue weighted by Gasteiger charge is -2.01. The number of unbranched alkanes of at least 4 members (excludes halogenated alkanes) is 3. The van der Waals surface area contributed by atoms with Gasteiger partial charge >= 0.3 is 5.97 Å². The maximum absolute atomic E-state index is 10.1. The molecule has 0 fully saturated rings. The Morgan fingerprint density at radius 2 is 2.08 bits per heavy atom. The number of rotatable bonds is 7. The van der Waals surface area contributed by atoms with Crippen molar-refractivity contribution in [3.05, 3.63) is 12.2 Å². The molecule has 3 nitrogen and oxygen atoms in total. The van der Waals surface area contributed by atoms with Gasteiger partial charge in [-0.3, -0.25) is 0 Å². The number of allylic oxidation sites excluding steroid dienone is 1. The molecule has 0 heterocycles. The van der Waals surface area contributed by atoms with Crippen molar-refractivity contribution in [2.75, 3.05) is 0 Å². The quantitative estimate of drug-likeness (QED) is 0.472. The zero-order valence-electron chi connectivity index (χ0n) is 8.07. The van der Waals surface area contributed by atoms with Gasteiger partial charge in [-0.2, -0.15) is 0 Å². The Morgan fingerprint density at radius 1 is 1.38 bits per heavy atom. The summed E-state index contributed by atoms with van der Waals surface area (Å²) in [5.74, 6) is -0.885. The van der Waals surface area contributed by atoms with Crippen molar-refractivity contribution in [1.82, 2.24) is 0 Å². The van der Waals surface area contributed by atoms with Crippen LogP contribution in [0.1, 0.15) is 39.0 Å². The van der Waals surface area contributed by atoms with Gasteiger partial charge in [0, 0.05) is 6.08 Å². The van der Waals surface area contributed by atoms with Crippen molar-refractivity contribution >= 4 is 5.97 Å². The predicted molar refractivity (Wildman–Crippen MR) is 51.5 cm³/mol. The molecule has 0 saturated heterocycles. The van der Waals surface area contributed by atoms with Gasteiger partial charge in [-0.05, 0) is 26.2 Å². The lowest BCUT2D eigenvalue weighted by atomic mass is 10.1. The third-order valence-electron chi connectivity index (χ3n) is 1.75. The van der Waals surface area contributed by atoms with E-state index in [1.165, 1.54) is 6.08 Å². The fourth-order valence-electron chi connectivity index (χ4n) is 1.06. The summed E-state index contributed by atoms with van der Waals surface area (Å²) in [7, 11) is 0. The number of carbonyl (C=O) groups is 1. The van der Waals surface area contributed by atoms with Gasteiger partial charge in [-0.25, -0.2) is 4.79 Å². The molecule has 3 heteroatoms. The zero-order chi connectivity index (χ0) is 10.1. The van der Waals surface area contributed by atoms with Crippen LogP contribution in [0.25, 0.3) is 0 Å². The lowest BCUT2D eigenvalue weighted by Crippen LogP contribution is -1.97. The van der Waals surface area contributed by atoms with E-state index in [-0.39, 0.29) is 6.10 Å². The van der Waals surface area contributed by atoms with Gasteiger partial charge in [0.1, 0.15) is 0 Å². The van der Waals surface area contributed by atoms with Crippen LogP contribution >= 0.6 is 0 Å². The van der Waals surface area contributed by atoms with Crippen LogP contribution < -0.4 is 0 Å². The number of carboxylic acid groups (broad SMARTS) is 1. The van der Waals surface area contributed by atoms with Crippen LogP contribution in [0.4, 0.5) is 0 Å². The predicted octanol–water partition coefficient (Wildman–Crippen LogP) is 1.96. The molecule has 2 N–H and O–H groups in total. The van der Waals surface area contributed by atoms with Crippen LogP contribution in [0.3, 0.4) is 0 Å². The van der Waals surface area contributed by atoms with Crippen LogP contribution in [0.2, 0.25) is 0 Å². The molecular formula is C10H18O3. The molecule has 0 radical (unpaired) electrons. The molecule has 0 spiro atoms. The zero-order valence-corrected chi connectivity index (χ0v) is 8.07. The van der Waals surface area contributed by atoms with E-state index in [1.54, 1.807) is 13.0 Å². The van der Waals surface area contributed by atoms with Crippen LogP contribution in [-0.4, -0.2) is 22.3 Å². The average Bonchev–Trinajstić information content (AvgIpc) is 2.01. The largest absolute Gasteiger partial charge is 0.478 e. The second-order valence-corrected chi connectivity index (χ2v) is 3.23. The van der Waals surface area contributed by atoms with E-state index in [0.29, 0.717) is 0 Å². The Labute approximate surface area is 79.1 Å². The molecule has 0 aliphatic heterocycles. The number of aliphatic hydroxyl groups excluding tert-OH is 1. The summed E-state index contributed by atoms with van der Waals surface area (Å²) in [6.45, 7) is 1.78. The van der Waals surface area contributed by atoms with Crippen LogP contribution in [0, 0.1) is 0 Å². The average molecular weight is 186 g/mol. The van der Waals surface area contributed by atoms with Gasteiger partial charge in [0.05, 0.1) is 6.10 Å². The normalized spacial score (nSPS) is 13.4. The summed E-state index contributed by atoms with van der Waals surface area (Å²) in [6.07, 6.45) is 7.34. The number of hydrogen-bond donors (Lipinski definition) is 2. The van der Waals surface area contributed by atoms with E-state index >= 15 is 0 Å². The second-order valence-electron chi connectivity index (χ2n) is 3.23. The van der Waals surface area contributed by atoms with Gasteiger partial charge < -0.3 is 10.2 Å². The van der Waals surface area contributed by atoms with Crippen LogP contribution in [-0.2, 0) is 4.79 Å². The Morgan fingerprint density at radius 3 is 2.62 bits per heavy atom. The first-order valence-electron chi connectivity index (χ1n) is 4.70. The van der Waals surface area contributed by atoms with Gasteiger partial charge in [-0.15, -0.1) is 0 Å². The fraction of sp³-hybridized carbons (Fsp3) is 0.700. The summed E-state index contributed by atoms with van der Waals surface area (Å²) in [5.41, 5.74) is 0. The van der Waals surface area contributed by atoms with Crippen molar-refractivity contribution in [3.8, 4) is 0 Å². The topological polar surface area (TPSA) is 57.5 Å². The summed E-state index contributed by atoms with van der Waals surface area (Å²) < 4.78 is 0. The molecular weight excluding hydrogens is 168 g/mol. The van der Waals surface area contributed by atoms with Crippen molar-refractivity contribution in [2.24, 2.45) is 0 Å². The molecule has 0 rings (SSSR count). The Balaban J connectivity index is 3.13. The molecule has 76 valence electrons. The van der Waals surface area contributed by atoms with Gasteiger partial charge in [0.25, 0.3) is 0 Å². The monoisotopic (exact) mass is 186 g/mol. The summed E-state index contributed by atoms with van der Waals surface area (Å²) in [6, 6.07) is 0. The van der Waals surface area contributed by atoms with E-state index < -0.39 is 5.97 Å². The van der Waals surface area contributed by atoms with Crippen molar-refractivity contribution < 1.29 is 15.0 Å². The summed E-state index contributed by atoms with van der Waals surface area (Å²) in [4.78, 5) is 10.1. The first kappa shape index (κ1) is 12.2. The first-order chi connectivity index (χ1) is 6.13. The molecule has 1 atom stereocenters. The highest BCUT2D eigenvalue weighted by molar-refractivity contribution is 5.79. The van der Waals surface area contributed by atoms with Crippen LogP contribution in [0.5, 0.6) is 0 Å². The first-order valence-corrected chi connectivity index (χ1v) is 4.70. The molecule has 0 aromatic heterocycles. The van der Waals surface area contributed by atoms with Crippen LogP contribution in [0.15, 0.2) is 12.2 Å². The van der Waals surface area contributed by atoms with Gasteiger partial charge in [-0.1, -0.05) is 18.9 Å². The molecule has 0 amide bonds. The highest BCUT2D eigenvalue weighted by atomic mass is 16.4.